The van der Waals surface area contributed by atoms with Crippen LogP contribution < -0.4 is 10.1 Å². The summed E-state index contributed by atoms with van der Waals surface area (Å²) in [5, 5.41) is 13.6. The third-order valence-corrected chi connectivity index (χ3v) is 5.06. The molecule has 5 nitrogen and oxygen atoms in total. The van der Waals surface area contributed by atoms with E-state index in [4.69, 9.17) is 4.74 Å². The smallest absolute Gasteiger partial charge is 0.193 e. The normalized spacial score (nSPS) is 20.1. The third-order valence-electron chi connectivity index (χ3n) is 3.82. The fraction of sp³-hybridized carbons (Fsp3) is 0.588. The van der Waals surface area contributed by atoms with Crippen molar-refractivity contribution in [3.63, 3.8) is 0 Å². The summed E-state index contributed by atoms with van der Waals surface area (Å²) in [4.78, 5) is 6.48. The van der Waals surface area contributed by atoms with Crippen LogP contribution in [0.25, 0.3) is 0 Å². The van der Waals surface area contributed by atoms with Gasteiger partial charge in [-0.25, -0.2) is 4.39 Å². The zero-order chi connectivity index (χ0) is 17.4. The first-order chi connectivity index (χ1) is 11.5. The molecule has 1 aliphatic heterocycles. The van der Waals surface area contributed by atoms with Crippen molar-refractivity contribution in [2.45, 2.75) is 18.9 Å². The Morgan fingerprint density at radius 2 is 2.24 bits per heavy atom. The highest BCUT2D eigenvalue weighted by atomic mass is 127. The lowest BCUT2D eigenvalue weighted by molar-refractivity contribution is 0.0776. The van der Waals surface area contributed by atoms with Crippen molar-refractivity contribution in [3.05, 3.63) is 30.1 Å². The van der Waals surface area contributed by atoms with E-state index in [9.17, 15) is 9.50 Å². The molecule has 1 unspecified atom stereocenters. The number of hydrogen-bond acceptors (Lipinski definition) is 4. The second-order valence-electron chi connectivity index (χ2n) is 5.90. The van der Waals surface area contributed by atoms with Gasteiger partial charge < -0.3 is 20.1 Å². The van der Waals surface area contributed by atoms with Crippen molar-refractivity contribution in [2.75, 3.05) is 44.8 Å². The topological polar surface area (TPSA) is 57.1 Å². The lowest BCUT2D eigenvalue weighted by Crippen LogP contribution is -2.42. The highest BCUT2D eigenvalue weighted by Crippen LogP contribution is 2.27. The number of ether oxygens (including phenoxy) is 1. The summed E-state index contributed by atoms with van der Waals surface area (Å²) in [6, 6.07) is 6.37. The largest absolute Gasteiger partial charge is 0.489 e. The average Bonchev–Trinajstić information content (AvgIpc) is 3.00. The lowest BCUT2D eigenvalue weighted by atomic mass is 10.1. The highest BCUT2D eigenvalue weighted by Gasteiger charge is 2.31. The SMILES string of the molecule is CCNC(=NCC1(O)CCSC1)N(C)CCOc1ccccc1F.I. The number of nitrogens with zero attached hydrogens (tertiary/aromatic N) is 2. The van der Waals surface area contributed by atoms with Crippen LogP contribution in [0.15, 0.2) is 29.3 Å². The average molecular weight is 483 g/mol. The van der Waals surface area contributed by atoms with E-state index in [1.807, 2.05) is 18.9 Å². The van der Waals surface area contributed by atoms with Gasteiger partial charge in [0.2, 0.25) is 0 Å². The van der Waals surface area contributed by atoms with E-state index >= 15 is 0 Å². The molecule has 1 aromatic rings. The van der Waals surface area contributed by atoms with Crippen LogP contribution in [0, 0.1) is 5.82 Å². The van der Waals surface area contributed by atoms with Crippen molar-refractivity contribution >= 4 is 41.7 Å². The molecule has 1 aromatic carbocycles. The van der Waals surface area contributed by atoms with E-state index in [-0.39, 0.29) is 35.5 Å². The van der Waals surface area contributed by atoms with E-state index < -0.39 is 5.60 Å². The number of halogens is 2. The molecule has 2 rings (SSSR count). The minimum atomic E-state index is -0.699. The Morgan fingerprint density at radius 3 is 2.88 bits per heavy atom. The number of nitrogens with one attached hydrogen (secondary N) is 1. The van der Waals surface area contributed by atoms with Gasteiger partial charge in [-0.2, -0.15) is 11.8 Å². The third kappa shape index (κ3) is 7.18. The summed E-state index contributed by atoms with van der Waals surface area (Å²) in [6.07, 6.45) is 0.778. The lowest BCUT2D eigenvalue weighted by Gasteiger charge is -2.24. The number of aliphatic hydroxyl groups is 1. The van der Waals surface area contributed by atoms with Crippen LogP contribution in [0.2, 0.25) is 0 Å². The minimum Gasteiger partial charge on any atom is -0.489 e. The van der Waals surface area contributed by atoms with Crippen molar-refractivity contribution < 1.29 is 14.2 Å². The van der Waals surface area contributed by atoms with Gasteiger partial charge in [-0.15, -0.1) is 24.0 Å². The van der Waals surface area contributed by atoms with Gasteiger partial charge in [-0.1, -0.05) is 12.1 Å². The molecular weight excluding hydrogens is 456 g/mol. The number of aliphatic imine (C=N–C) groups is 1. The van der Waals surface area contributed by atoms with Gasteiger partial charge in [0, 0.05) is 19.3 Å². The van der Waals surface area contributed by atoms with E-state index in [0.29, 0.717) is 19.7 Å². The monoisotopic (exact) mass is 483 g/mol. The van der Waals surface area contributed by atoms with Crippen LogP contribution in [0.1, 0.15) is 13.3 Å². The number of rotatable bonds is 7. The summed E-state index contributed by atoms with van der Waals surface area (Å²) in [7, 11) is 1.90. The molecule has 0 spiro atoms. The van der Waals surface area contributed by atoms with Crippen molar-refractivity contribution in [3.8, 4) is 5.75 Å². The van der Waals surface area contributed by atoms with Crippen LogP contribution >= 0.6 is 35.7 Å². The predicted molar refractivity (Wildman–Crippen MR) is 113 cm³/mol. The summed E-state index contributed by atoms with van der Waals surface area (Å²) in [6.45, 7) is 4.04. The van der Waals surface area contributed by atoms with Crippen LogP contribution in [0.5, 0.6) is 5.75 Å². The maximum absolute atomic E-state index is 13.5. The Kier molecular flexibility index (Phi) is 9.88. The molecule has 25 heavy (non-hydrogen) atoms. The molecule has 2 N–H and O–H groups in total. The number of thioether (sulfide) groups is 1. The molecule has 8 heteroatoms. The molecule has 0 aromatic heterocycles. The van der Waals surface area contributed by atoms with Gasteiger partial charge >= 0.3 is 0 Å². The van der Waals surface area contributed by atoms with Crippen LogP contribution in [0.4, 0.5) is 4.39 Å². The van der Waals surface area contributed by atoms with Gasteiger partial charge in [-0.3, -0.25) is 4.99 Å². The van der Waals surface area contributed by atoms with Crippen LogP contribution in [-0.4, -0.2) is 66.4 Å². The van der Waals surface area contributed by atoms with Gasteiger partial charge in [0.1, 0.15) is 6.61 Å². The molecule has 1 atom stereocenters. The number of hydrogen-bond donors (Lipinski definition) is 2. The van der Waals surface area contributed by atoms with Gasteiger partial charge in [0.05, 0.1) is 18.7 Å². The zero-order valence-electron chi connectivity index (χ0n) is 14.7. The minimum absolute atomic E-state index is 0. The van der Waals surface area contributed by atoms with Crippen molar-refractivity contribution in [1.29, 1.82) is 0 Å². The second-order valence-corrected chi connectivity index (χ2v) is 7.00. The molecule has 0 bridgehead atoms. The number of guanidine groups is 1. The Morgan fingerprint density at radius 1 is 1.48 bits per heavy atom. The maximum Gasteiger partial charge on any atom is 0.193 e. The number of para-hydroxylation sites is 1. The number of likely N-dealkylation sites (N-methyl/N-ethyl adjacent to an activating group) is 1. The summed E-state index contributed by atoms with van der Waals surface area (Å²) < 4.78 is 19.0. The fourth-order valence-corrected chi connectivity index (χ4v) is 3.66. The van der Waals surface area contributed by atoms with Crippen LogP contribution in [-0.2, 0) is 0 Å². The molecule has 0 amide bonds. The fourth-order valence-electron chi connectivity index (χ4n) is 2.37. The molecule has 142 valence electrons. The first kappa shape index (κ1) is 22.3. The van der Waals surface area contributed by atoms with E-state index in [1.54, 1.807) is 30.0 Å². The Bertz CT molecular complexity index is 556. The quantitative estimate of drug-likeness (QED) is 0.355. The van der Waals surface area contributed by atoms with Crippen LogP contribution in [0.3, 0.4) is 0 Å². The molecule has 1 fully saturated rings. The Balaban J connectivity index is 0.00000312. The molecule has 1 saturated heterocycles. The maximum atomic E-state index is 13.5. The molecule has 0 aliphatic carbocycles. The van der Waals surface area contributed by atoms with Crippen molar-refractivity contribution in [1.82, 2.24) is 10.2 Å². The summed E-state index contributed by atoms with van der Waals surface area (Å²) in [5.41, 5.74) is -0.699. The first-order valence-corrected chi connectivity index (χ1v) is 9.36. The molecular formula is C17H27FIN3O2S. The molecule has 1 aliphatic rings. The van der Waals surface area contributed by atoms with E-state index in [2.05, 4.69) is 10.3 Å². The second kappa shape index (κ2) is 11.1. The summed E-state index contributed by atoms with van der Waals surface area (Å²) in [5.74, 6) is 2.33. The van der Waals surface area contributed by atoms with E-state index in [1.165, 1.54) is 6.07 Å². The molecule has 0 saturated carbocycles. The first-order valence-electron chi connectivity index (χ1n) is 8.21. The summed E-state index contributed by atoms with van der Waals surface area (Å²) >= 11 is 1.76. The standard InChI is InChI=1S/C17H26FN3O2S.HI/c1-3-19-16(20-12-17(22)8-11-24-13-17)21(2)9-10-23-15-7-5-4-6-14(15)18;/h4-7,22H,3,8-13H2,1-2H3,(H,19,20);1H. The zero-order valence-corrected chi connectivity index (χ0v) is 17.9. The highest BCUT2D eigenvalue weighted by molar-refractivity contribution is 14.0. The van der Waals surface area contributed by atoms with Gasteiger partial charge in [-0.05, 0) is 31.2 Å². The Hall–Kier alpha value is -0.740. The predicted octanol–water partition coefficient (Wildman–Crippen LogP) is 2.59. The molecule has 0 radical (unpaired) electrons. The Labute approximate surface area is 170 Å². The van der Waals surface area contributed by atoms with E-state index in [0.717, 1.165) is 30.4 Å². The van der Waals surface area contributed by atoms with Gasteiger partial charge in [0.25, 0.3) is 0 Å². The van der Waals surface area contributed by atoms with Crippen molar-refractivity contribution in [2.24, 2.45) is 4.99 Å². The van der Waals surface area contributed by atoms with Gasteiger partial charge in [0.15, 0.2) is 17.5 Å². The molecule has 1 heterocycles. The number of benzene rings is 1.